The molecule has 17 heavy (non-hydrogen) atoms. The molecule has 5 heteroatoms. The van der Waals surface area contributed by atoms with Crippen LogP contribution in [0.25, 0.3) is 0 Å². The molecule has 2 rings (SSSR count). The normalized spacial score (nSPS) is 16.9. The molecular weight excluding hydrogens is 236 g/mol. The lowest BCUT2D eigenvalue weighted by molar-refractivity contribution is 0.724. The van der Waals surface area contributed by atoms with Gasteiger partial charge in [-0.25, -0.2) is 0 Å². The molecule has 1 aliphatic heterocycles. The van der Waals surface area contributed by atoms with Crippen molar-refractivity contribution in [2.24, 2.45) is 5.73 Å². The lowest BCUT2D eigenvalue weighted by Gasteiger charge is -2.26. The van der Waals surface area contributed by atoms with Crippen LogP contribution in [0.4, 0.5) is 11.4 Å². The number of nitrogens with one attached hydrogen (secondary N) is 1. The summed E-state index contributed by atoms with van der Waals surface area (Å²) in [6, 6.07) is 3.73. The number of nitrogens with zero attached hydrogens (tertiary/aromatic N) is 1. The monoisotopic (exact) mass is 254 g/mol. The Morgan fingerprint density at radius 3 is 2.88 bits per heavy atom. The first kappa shape index (κ1) is 12.5. The van der Waals surface area contributed by atoms with Gasteiger partial charge in [0.1, 0.15) is 0 Å². The van der Waals surface area contributed by atoms with Crippen molar-refractivity contribution < 1.29 is 0 Å². The highest BCUT2D eigenvalue weighted by Crippen LogP contribution is 2.30. The summed E-state index contributed by atoms with van der Waals surface area (Å²) >= 11 is 6.08. The zero-order valence-corrected chi connectivity index (χ0v) is 10.6. The van der Waals surface area contributed by atoms with E-state index in [1.807, 2.05) is 6.07 Å². The van der Waals surface area contributed by atoms with Crippen LogP contribution in [0.5, 0.6) is 0 Å². The summed E-state index contributed by atoms with van der Waals surface area (Å²) in [7, 11) is 0. The fourth-order valence-corrected chi connectivity index (χ4v) is 2.46. The molecule has 1 aliphatic rings. The molecule has 5 N–H and O–H groups in total. The minimum Gasteiger partial charge on any atom is -0.398 e. The number of nitrogen functional groups attached to an aromatic ring is 1. The first-order valence-electron chi connectivity index (χ1n) is 5.96. The first-order valence-corrected chi connectivity index (χ1v) is 6.34. The Labute approximate surface area is 107 Å². The molecule has 0 spiro atoms. The third-order valence-corrected chi connectivity index (χ3v) is 3.33. The van der Waals surface area contributed by atoms with Gasteiger partial charge < -0.3 is 21.7 Å². The SMILES string of the molecule is NCc1c(N)cc(Cl)cc1N1CCCNCC1. The second kappa shape index (κ2) is 5.58. The number of halogens is 1. The number of rotatable bonds is 2. The lowest BCUT2D eigenvalue weighted by Crippen LogP contribution is -2.29. The molecule has 0 unspecified atom stereocenters. The van der Waals surface area contributed by atoms with Crippen LogP contribution in [0.15, 0.2) is 12.1 Å². The maximum absolute atomic E-state index is 6.08. The van der Waals surface area contributed by atoms with Gasteiger partial charge in [-0.1, -0.05) is 11.6 Å². The molecule has 1 fully saturated rings. The van der Waals surface area contributed by atoms with E-state index < -0.39 is 0 Å². The van der Waals surface area contributed by atoms with Gasteiger partial charge in [-0.2, -0.15) is 0 Å². The Kier molecular flexibility index (Phi) is 4.10. The number of hydrogen-bond acceptors (Lipinski definition) is 4. The van der Waals surface area contributed by atoms with E-state index in [9.17, 15) is 0 Å². The van der Waals surface area contributed by atoms with E-state index in [0.717, 1.165) is 43.9 Å². The van der Waals surface area contributed by atoms with Crippen molar-refractivity contribution in [2.45, 2.75) is 13.0 Å². The van der Waals surface area contributed by atoms with E-state index in [4.69, 9.17) is 23.1 Å². The highest BCUT2D eigenvalue weighted by molar-refractivity contribution is 6.31. The van der Waals surface area contributed by atoms with E-state index in [0.29, 0.717) is 17.3 Å². The molecule has 1 heterocycles. The molecular formula is C12H19ClN4. The van der Waals surface area contributed by atoms with Gasteiger partial charge in [-0.05, 0) is 25.1 Å². The Morgan fingerprint density at radius 2 is 2.12 bits per heavy atom. The Balaban J connectivity index is 2.34. The standard InChI is InChI=1S/C12H19ClN4/c13-9-6-11(15)10(8-14)12(7-9)17-4-1-2-16-3-5-17/h6-7,16H,1-5,8,14-15H2. The van der Waals surface area contributed by atoms with Crippen molar-refractivity contribution in [1.29, 1.82) is 0 Å². The van der Waals surface area contributed by atoms with E-state index >= 15 is 0 Å². The average Bonchev–Trinajstić information content (AvgIpc) is 2.56. The fraction of sp³-hybridized carbons (Fsp3) is 0.500. The van der Waals surface area contributed by atoms with Crippen LogP contribution in [0.3, 0.4) is 0 Å². The van der Waals surface area contributed by atoms with Gasteiger partial charge in [-0.3, -0.25) is 0 Å². The summed E-state index contributed by atoms with van der Waals surface area (Å²) in [5.41, 5.74) is 14.5. The quantitative estimate of drug-likeness (QED) is 0.694. The van der Waals surface area contributed by atoms with Crippen LogP contribution in [-0.2, 0) is 6.54 Å². The minimum absolute atomic E-state index is 0.447. The van der Waals surface area contributed by atoms with Crippen LogP contribution in [0, 0.1) is 0 Å². The van der Waals surface area contributed by atoms with E-state index in [1.54, 1.807) is 6.07 Å². The zero-order chi connectivity index (χ0) is 12.3. The minimum atomic E-state index is 0.447. The van der Waals surface area contributed by atoms with Crippen molar-refractivity contribution in [1.82, 2.24) is 5.32 Å². The number of benzene rings is 1. The molecule has 1 aromatic rings. The van der Waals surface area contributed by atoms with Gasteiger partial charge in [0.2, 0.25) is 0 Å². The predicted molar refractivity (Wildman–Crippen MR) is 73.5 cm³/mol. The Morgan fingerprint density at radius 1 is 1.29 bits per heavy atom. The number of hydrogen-bond donors (Lipinski definition) is 3. The van der Waals surface area contributed by atoms with Crippen molar-refractivity contribution in [3.05, 3.63) is 22.7 Å². The first-order chi connectivity index (χ1) is 8.22. The summed E-state index contributed by atoms with van der Waals surface area (Å²) < 4.78 is 0. The fourth-order valence-electron chi connectivity index (χ4n) is 2.23. The maximum Gasteiger partial charge on any atom is 0.0447 e. The Bertz CT molecular complexity index is 386. The largest absolute Gasteiger partial charge is 0.398 e. The van der Waals surface area contributed by atoms with Crippen molar-refractivity contribution in [3.63, 3.8) is 0 Å². The van der Waals surface area contributed by atoms with Crippen LogP contribution in [-0.4, -0.2) is 26.2 Å². The van der Waals surface area contributed by atoms with E-state index in [2.05, 4.69) is 10.2 Å². The predicted octanol–water partition coefficient (Wildman–Crippen LogP) is 1.18. The molecule has 0 bridgehead atoms. The molecule has 0 radical (unpaired) electrons. The van der Waals surface area contributed by atoms with E-state index in [1.165, 1.54) is 0 Å². The van der Waals surface area contributed by atoms with Crippen LogP contribution in [0.1, 0.15) is 12.0 Å². The molecule has 0 aliphatic carbocycles. The van der Waals surface area contributed by atoms with Crippen LogP contribution >= 0.6 is 11.6 Å². The third kappa shape index (κ3) is 2.83. The molecule has 0 aromatic heterocycles. The number of nitrogens with two attached hydrogens (primary N) is 2. The number of anilines is 2. The molecule has 94 valence electrons. The summed E-state index contributed by atoms with van der Waals surface area (Å²) in [6.07, 6.45) is 1.12. The van der Waals surface area contributed by atoms with Gasteiger partial charge in [0.15, 0.2) is 0 Å². The second-order valence-electron chi connectivity index (χ2n) is 4.29. The van der Waals surface area contributed by atoms with Gasteiger partial charge in [-0.15, -0.1) is 0 Å². The molecule has 1 saturated heterocycles. The molecule has 1 aromatic carbocycles. The third-order valence-electron chi connectivity index (χ3n) is 3.11. The summed E-state index contributed by atoms with van der Waals surface area (Å²) in [6.45, 7) is 4.47. The topological polar surface area (TPSA) is 67.3 Å². The van der Waals surface area contributed by atoms with Crippen molar-refractivity contribution in [3.8, 4) is 0 Å². The maximum atomic E-state index is 6.08. The average molecular weight is 255 g/mol. The highest BCUT2D eigenvalue weighted by atomic mass is 35.5. The molecule has 0 amide bonds. The summed E-state index contributed by atoms with van der Waals surface area (Å²) in [5, 5.41) is 4.05. The van der Waals surface area contributed by atoms with Crippen molar-refractivity contribution in [2.75, 3.05) is 36.8 Å². The van der Waals surface area contributed by atoms with Gasteiger partial charge in [0.25, 0.3) is 0 Å². The Hall–Kier alpha value is -0.970. The van der Waals surface area contributed by atoms with Gasteiger partial charge in [0.05, 0.1) is 0 Å². The molecule has 0 saturated carbocycles. The summed E-state index contributed by atoms with van der Waals surface area (Å²) in [4.78, 5) is 2.31. The van der Waals surface area contributed by atoms with Crippen molar-refractivity contribution >= 4 is 23.0 Å². The highest BCUT2D eigenvalue weighted by Gasteiger charge is 2.15. The van der Waals surface area contributed by atoms with Gasteiger partial charge in [0, 0.05) is 48.1 Å². The smallest absolute Gasteiger partial charge is 0.0447 e. The zero-order valence-electron chi connectivity index (χ0n) is 9.88. The van der Waals surface area contributed by atoms with Crippen LogP contribution in [0.2, 0.25) is 5.02 Å². The van der Waals surface area contributed by atoms with Gasteiger partial charge >= 0.3 is 0 Å². The van der Waals surface area contributed by atoms with E-state index in [-0.39, 0.29) is 0 Å². The van der Waals surface area contributed by atoms with Crippen LogP contribution < -0.4 is 21.7 Å². The molecule has 0 atom stereocenters. The summed E-state index contributed by atoms with van der Waals surface area (Å²) in [5.74, 6) is 0. The molecule has 4 nitrogen and oxygen atoms in total. The lowest BCUT2D eigenvalue weighted by atomic mass is 10.1. The second-order valence-corrected chi connectivity index (χ2v) is 4.72.